The van der Waals surface area contributed by atoms with Gasteiger partial charge in [-0.15, -0.1) is 0 Å². The van der Waals surface area contributed by atoms with Crippen molar-refractivity contribution >= 4 is 46.1 Å². The number of fused-ring (bicyclic) bond motifs is 5. The van der Waals surface area contributed by atoms with E-state index in [0.717, 1.165) is 18.3 Å². The molecule has 1 spiro atoms. The number of aryl methyl sites for hydroxylation is 1. The van der Waals surface area contributed by atoms with Gasteiger partial charge >= 0.3 is 6.18 Å². The third-order valence-corrected chi connectivity index (χ3v) is 8.35. The second kappa shape index (κ2) is 10.1. The summed E-state index contributed by atoms with van der Waals surface area (Å²) in [5, 5.41) is 4.49. The molecule has 1 atom stereocenters. The van der Waals surface area contributed by atoms with Gasteiger partial charge in [0.2, 0.25) is 5.95 Å². The van der Waals surface area contributed by atoms with Crippen molar-refractivity contribution in [1.29, 1.82) is 0 Å². The number of hydrogen-bond acceptors (Lipinski definition) is 10. The smallest absolute Gasteiger partial charge is 0.433 e. The fourth-order valence-electron chi connectivity index (χ4n) is 6.38. The van der Waals surface area contributed by atoms with E-state index in [0.29, 0.717) is 29.0 Å². The monoisotopic (exact) mass is 627 g/mol. The zero-order valence-corrected chi connectivity index (χ0v) is 23.7. The second-order valence-corrected chi connectivity index (χ2v) is 10.9. The van der Waals surface area contributed by atoms with E-state index in [-0.39, 0.29) is 52.1 Å². The van der Waals surface area contributed by atoms with Gasteiger partial charge in [-0.3, -0.25) is 24.0 Å². The summed E-state index contributed by atoms with van der Waals surface area (Å²) < 4.78 is 44.5. The number of Topliss-reactive ketones (excluding diaryl/α,β-unsaturated/α-hetero) is 2. The number of carbonyl (C=O) groups excluding carboxylic acids is 4. The van der Waals surface area contributed by atoms with E-state index in [1.165, 1.54) is 18.3 Å². The number of anilines is 1. The molecule has 46 heavy (non-hydrogen) atoms. The number of nitrogens with one attached hydrogen (secondary N) is 2. The summed E-state index contributed by atoms with van der Waals surface area (Å²) in [5.41, 5.74) is 0.0218. The van der Waals surface area contributed by atoms with Crippen LogP contribution in [0.5, 0.6) is 5.75 Å². The van der Waals surface area contributed by atoms with Crippen molar-refractivity contribution in [3.8, 4) is 5.75 Å². The number of nitrogens with zero attached hydrogens (tertiary/aromatic N) is 3. The summed E-state index contributed by atoms with van der Waals surface area (Å²) in [6.45, 7) is 1.73. The number of ether oxygens (including phenoxy) is 1. The Morgan fingerprint density at radius 2 is 1.80 bits per heavy atom. The molecule has 0 fully saturated rings. The molecule has 14 heteroatoms. The van der Waals surface area contributed by atoms with Crippen LogP contribution in [0.1, 0.15) is 77.3 Å². The lowest BCUT2D eigenvalue weighted by Crippen LogP contribution is -2.36. The van der Waals surface area contributed by atoms with Crippen LogP contribution >= 0.6 is 0 Å². The Labute approximate surface area is 256 Å². The number of alkyl halides is 3. The number of aromatic nitrogens is 3. The van der Waals surface area contributed by atoms with E-state index in [1.807, 2.05) is 0 Å². The van der Waals surface area contributed by atoms with Crippen LogP contribution < -0.4 is 15.7 Å². The molecular formula is C32H20F3N5O6. The normalized spacial score (nSPS) is 18.5. The number of pyridine rings is 1. The van der Waals surface area contributed by atoms with Crippen LogP contribution in [0, 0.1) is 0 Å². The minimum absolute atomic E-state index is 0.00526. The van der Waals surface area contributed by atoms with Crippen LogP contribution in [0.15, 0.2) is 58.6 Å². The average molecular weight is 628 g/mol. The molecule has 2 aromatic carbocycles. The molecule has 7 rings (SSSR count). The van der Waals surface area contributed by atoms with Gasteiger partial charge in [0.1, 0.15) is 16.9 Å². The van der Waals surface area contributed by atoms with Crippen molar-refractivity contribution in [1.82, 2.24) is 15.0 Å². The standard InChI is InChI=1S/C32H20F3N5O6/c1-2-46-26-24-18(21(41)3-4-22(24)42)11-19-25(26)28(44)31(27(19)43)7-5-14-9-15-10-16(38-29(45)17(15)12-20(14)31)13-37-40-30-36-8-6-23(39-30)32(33,34)35/h3-4,6,8-13H,2,5,7H2,1H3,(H,38,45)(H,36,39,40). The number of halogens is 3. The molecule has 0 bridgehead atoms. The van der Waals surface area contributed by atoms with E-state index in [1.54, 1.807) is 19.1 Å². The molecule has 0 saturated carbocycles. The highest BCUT2D eigenvalue weighted by atomic mass is 19.4. The molecule has 2 aromatic heterocycles. The van der Waals surface area contributed by atoms with E-state index >= 15 is 0 Å². The number of hydrogen-bond donors (Lipinski definition) is 2. The van der Waals surface area contributed by atoms with E-state index < -0.39 is 51.9 Å². The molecule has 11 nitrogen and oxygen atoms in total. The summed E-state index contributed by atoms with van der Waals surface area (Å²) in [5.74, 6) is -2.58. The molecule has 0 aliphatic heterocycles. The van der Waals surface area contributed by atoms with Gasteiger partial charge in [0.15, 0.2) is 23.1 Å². The van der Waals surface area contributed by atoms with Crippen molar-refractivity contribution in [3.05, 3.63) is 104 Å². The summed E-state index contributed by atoms with van der Waals surface area (Å²) >= 11 is 0. The third-order valence-electron chi connectivity index (χ3n) is 8.35. The summed E-state index contributed by atoms with van der Waals surface area (Å²) in [7, 11) is 0. The van der Waals surface area contributed by atoms with Gasteiger partial charge in [-0.1, -0.05) is 6.07 Å². The lowest BCUT2D eigenvalue weighted by Gasteiger charge is -2.21. The van der Waals surface area contributed by atoms with E-state index in [4.69, 9.17) is 4.74 Å². The molecule has 4 aromatic rings. The summed E-state index contributed by atoms with van der Waals surface area (Å²) in [4.78, 5) is 76.8. The predicted octanol–water partition coefficient (Wildman–Crippen LogP) is 4.38. The minimum Gasteiger partial charge on any atom is -0.492 e. The maximum absolute atomic E-state index is 14.3. The Morgan fingerprint density at radius 3 is 2.57 bits per heavy atom. The van der Waals surface area contributed by atoms with Crippen LogP contribution in [-0.2, 0) is 18.0 Å². The van der Waals surface area contributed by atoms with Crippen LogP contribution in [0.2, 0.25) is 0 Å². The lowest BCUT2D eigenvalue weighted by atomic mass is 9.77. The number of ketones is 4. The average Bonchev–Trinajstić information content (AvgIpc) is 3.49. The number of carbonyl (C=O) groups is 4. The molecule has 2 heterocycles. The van der Waals surface area contributed by atoms with Crippen molar-refractivity contribution in [2.75, 3.05) is 12.0 Å². The van der Waals surface area contributed by atoms with Crippen molar-refractivity contribution in [2.45, 2.75) is 31.4 Å². The Bertz CT molecular complexity index is 2200. The fraction of sp³-hybridized carbons (Fsp3) is 0.188. The predicted molar refractivity (Wildman–Crippen MR) is 157 cm³/mol. The Balaban J connectivity index is 1.26. The first-order valence-electron chi connectivity index (χ1n) is 14.0. The van der Waals surface area contributed by atoms with Gasteiger partial charge in [0.05, 0.1) is 29.6 Å². The first-order valence-corrected chi connectivity index (χ1v) is 14.0. The fourth-order valence-corrected chi connectivity index (χ4v) is 6.38. The molecule has 230 valence electrons. The molecule has 0 saturated heterocycles. The van der Waals surface area contributed by atoms with Gasteiger partial charge in [-0.2, -0.15) is 18.3 Å². The van der Waals surface area contributed by atoms with Gasteiger partial charge in [-0.05, 0) is 72.7 Å². The Morgan fingerprint density at radius 1 is 1.02 bits per heavy atom. The maximum Gasteiger partial charge on any atom is 0.433 e. The Kier molecular flexibility index (Phi) is 6.37. The number of benzene rings is 2. The molecule has 1 unspecified atom stereocenters. The Hall–Kier alpha value is -5.79. The van der Waals surface area contributed by atoms with E-state index in [2.05, 4.69) is 25.5 Å². The van der Waals surface area contributed by atoms with Crippen LogP contribution in [-0.4, -0.2) is 50.9 Å². The molecule has 0 radical (unpaired) electrons. The minimum atomic E-state index is -4.66. The van der Waals surface area contributed by atoms with Crippen LogP contribution in [0.4, 0.5) is 19.1 Å². The summed E-state index contributed by atoms with van der Waals surface area (Å²) in [6, 6.07) is 6.80. The van der Waals surface area contributed by atoms with Gasteiger partial charge in [0.25, 0.3) is 5.56 Å². The van der Waals surface area contributed by atoms with Crippen molar-refractivity contribution < 1.29 is 37.1 Å². The number of aromatic amines is 1. The topological polar surface area (TPSA) is 161 Å². The second-order valence-electron chi connectivity index (χ2n) is 10.9. The zero-order valence-electron chi connectivity index (χ0n) is 23.7. The number of allylic oxidation sites excluding steroid dienone is 2. The maximum atomic E-state index is 14.3. The first-order chi connectivity index (χ1) is 21.9. The SMILES string of the molecule is CCOc1c2c(cc3c1C(=O)C1(CCc4cc5cc(C=NNc6nccc(C(F)(F)F)n6)[nH]c(=O)c5cc41)C3=O)C(=O)C=CC2=O. The van der Waals surface area contributed by atoms with Crippen LogP contribution in [0.3, 0.4) is 0 Å². The van der Waals surface area contributed by atoms with Crippen LogP contribution in [0.25, 0.3) is 10.8 Å². The van der Waals surface area contributed by atoms with Gasteiger partial charge in [-0.25, -0.2) is 15.4 Å². The highest BCUT2D eigenvalue weighted by Crippen LogP contribution is 2.52. The summed E-state index contributed by atoms with van der Waals surface area (Å²) in [6.07, 6.45) is 0.0879. The molecule has 3 aliphatic rings. The van der Waals surface area contributed by atoms with Crippen molar-refractivity contribution in [2.24, 2.45) is 5.10 Å². The van der Waals surface area contributed by atoms with E-state index in [9.17, 15) is 37.1 Å². The number of hydrazone groups is 1. The molecule has 3 aliphatic carbocycles. The lowest BCUT2D eigenvalue weighted by molar-refractivity contribution is -0.141. The number of H-pyrrole nitrogens is 1. The highest BCUT2D eigenvalue weighted by molar-refractivity contribution is 6.37. The van der Waals surface area contributed by atoms with Gasteiger partial charge < -0.3 is 9.72 Å². The quantitative estimate of drug-likeness (QED) is 0.186. The molecule has 2 N–H and O–H groups in total. The molecule has 0 amide bonds. The largest absolute Gasteiger partial charge is 0.492 e. The van der Waals surface area contributed by atoms with Crippen molar-refractivity contribution in [3.63, 3.8) is 0 Å². The number of rotatable bonds is 5. The third kappa shape index (κ3) is 4.20. The zero-order chi connectivity index (χ0) is 32.5. The molecular weight excluding hydrogens is 607 g/mol. The highest BCUT2D eigenvalue weighted by Gasteiger charge is 2.59. The first kappa shape index (κ1) is 29.0. The van der Waals surface area contributed by atoms with Gasteiger partial charge in [0, 0.05) is 22.7 Å².